The van der Waals surface area contributed by atoms with Gasteiger partial charge in [-0.15, -0.1) is 0 Å². The Morgan fingerprint density at radius 2 is 1.80 bits per heavy atom. The van der Waals surface area contributed by atoms with Gasteiger partial charge in [0.1, 0.15) is 0 Å². The van der Waals surface area contributed by atoms with Crippen molar-refractivity contribution in [2.45, 2.75) is 19.4 Å². The second-order valence-corrected chi connectivity index (χ2v) is 6.32. The third-order valence-electron chi connectivity index (χ3n) is 4.11. The Labute approximate surface area is 150 Å². The Balaban J connectivity index is 1.84. The maximum Gasteiger partial charge on any atom is 0.274 e. The highest BCUT2D eigenvalue weighted by atomic mass is 35.5. The van der Waals surface area contributed by atoms with E-state index in [9.17, 15) is 9.59 Å². The number of carbonyl (C=O) groups is 1. The van der Waals surface area contributed by atoms with E-state index >= 15 is 0 Å². The lowest BCUT2D eigenvalue weighted by Gasteiger charge is -2.16. The predicted molar refractivity (Wildman–Crippen MR) is 98.7 cm³/mol. The number of amides is 1. The molecule has 3 rings (SSSR count). The molecule has 3 aromatic rings. The van der Waals surface area contributed by atoms with Crippen molar-refractivity contribution in [2.75, 3.05) is 0 Å². The van der Waals surface area contributed by atoms with Gasteiger partial charge >= 0.3 is 0 Å². The summed E-state index contributed by atoms with van der Waals surface area (Å²) in [6.45, 7) is 1.88. The highest BCUT2D eigenvalue weighted by Crippen LogP contribution is 2.22. The van der Waals surface area contributed by atoms with Crippen LogP contribution in [-0.2, 0) is 18.3 Å². The molecular weight excluding hydrogens is 338 g/mol. The Morgan fingerprint density at radius 3 is 2.52 bits per heavy atom. The molecule has 0 saturated heterocycles. The van der Waals surface area contributed by atoms with Gasteiger partial charge in [0, 0.05) is 17.5 Å². The number of halogens is 1. The van der Waals surface area contributed by atoms with Crippen molar-refractivity contribution in [2.24, 2.45) is 7.05 Å². The van der Waals surface area contributed by atoms with Crippen molar-refractivity contribution in [3.05, 3.63) is 75.2 Å². The van der Waals surface area contributed by atoms with Gasteiger partial charge in [-0.25, -0.2) is 4.68 Å². The van der Waals surface area contributed by atoms with Gasteiger partial charge in [0.15, 0.2) is 0 Å². The highest BCUT2D eigenvalue weighted by Gasteiger charge is 2.16. The highest BCUT2D eigenvalue weighted by molar-refractivity contribution is 6.31. The normalized spacial score (nSPS) is 12.1. The SMILES string of the molecule is C[C@@H](NC(=O)Cc1nn(C)c(=O)c2ccccc12)c1ccccc1Cl. The summed E-state index contributed by atoms with van der Waals surface area (Å²) in [7, 11) is 1.59. The van der Waals surface area contributed by atoms with Crippen LogP contribution in [0.1, 0.15) is 24.2 Å². The molecule has 0 fully saturated rings. The molecule has 1 N–H and O–H groups in total. The van der Waals surface area contributed by atoms with Gasteiger partial charge in [-0.05, 0) is 24.6 Å². The number of fused-ring (bicyclic) bond motifs is 1. The molecule has 1 aromatic heterocycles. The van der Waals surface area contributed by atoms with Crippen molar-refractivity contribution in [1.82, 2.24) is 15.1 Å². The molecule has 5 nitrogen and oxygen atoms in total. The first-order valence-electron chi connectivity index (χ1n) is 7.96. The van der Waals surface area contributed by atoms with Crippen molar-refractivity contribution >= 4 is 28.3 Å². The third-order valence-corrected chi connectivity index (χ3v) is 4.45. The number of aryl methyl sites for hydroxylation is 1. The van der Waals surface area contributed by atoms with Crippen molar-refractivity contribution < 1.29 is 4.79 Å². The van der Waals surface area contributed by atoms with Crippen LogP contribution in [0, 0.1) is 0 Å². The lowest BCUT2D eigenvalue weighted by molar-refractivity contribution is -0.121. The molecule has 0 unspecified atom stereocenters. The Hall–Kier alpha value is -2.66. The van der Waals surface area contributed by atoms with Gasteiger partial charge in [-0.2, -0.15) is 5.10 Å². The predicted octanol–water partition coefficient (Wildman–Crippen LogP) is 3.01. The number of hydrogen-bond acceptors (Lipinski definition) is 3. The summed E-state index contributed by atoms with van der Waals surface area (Å²) in [6.07, 6.45) is 0.0867. The smallest absolute Gasteiger partial charge is 0.274 e. The van der Waals surface area contributed by atoms with E-state index in [2.05, 4.69) is 10.4 Å². The average Bonchev–Trinajstić information content (AvgIpc) is 2.59. The number of rotatable bonds is 4. The molecule has 0 aliphatic rings. The minimum absolute atomic E-state index is 0.0867. The summed E-state index contributed by atoms with van der Waals surface area (Å²) in [4.78, 5) is 24.6. The van der Waals surface area contributed by atoms with E-state index in [0.717, 1.165) is 5.56 Å². The van der Waals surface area contributed by atoms with Crippen LogP contribution in [0.4, 0.5) is 0 Å². The molecule has 0 bridgehead atoms. The lowest BCUT2D eigenvalue weighted by atomic mass is 10.1. The molecule has 0 radical (unpaired) electrons. The fourth-order valence-corrected chi connectivity index (χ4v) is 3.15. The molecule has 0 saturated carbocycles. The van der Waals surface area contributed by atoms with Gasteiger partial charge in [0.2, 0.25) is 5.91 Å². The molecular formula is C19H18ClN3O2. The van der Waals surface area contributed by atoms with Crippen LogP contribution in [0.3, 0.4) is 0 Å². The van der Waals surface area contributed by atoms with Crippen molar-refractivity contribution in [1.29, 1.82) is 0 Å². The quantitative estimate of drug-likeness (QED) is 0.782. The fourth-order valence-electron chi connectivity index (χ4n) is 2.86. The van der Waals surface area contributed by atoms with E-state index in [1.165, 1.54) is 4.68 Å². The zero-order chi connectivity index (χ0) is 18.0. The summed E-state index contributed by atoms with van der Waals surface area (Å²) in [5.74, 6) is -0.177. The minimum atomic E-state index is -0.222. The van der Waals surface area contributed by atoms with Crippen LogP contribution < -0.4 is 10.9 Å². The molecule has 1 amide bonds. The number of carbonyl (C=O) groups excluding carboxylic acids is 1. The van der Waals surface area contributed by atoms with E-state index in [4.69, 9.17) is 11.6 Å². The van der Waals surface area contributed by atoms with E-state index in [-0.39, 0.29) is 23.9 Å². The molecule has 0 spiro atoms. The largest absolute Gasteiger partial charge is 0.349 e. The van der Waals surface area contributed by atoms with Crippen LogP contribution in [0.2, 0.25) is 5.02 Å². The van der Waals surface area contributed by atoms with E-state index in [1.54, 1.807) is 25.2 Å². The first-order valence-corrected chi connectivity index (χ1v) is 8.34. The van der Waals surface area contributed by atoms with Crippen LogP contribution in [0.25, 0.3) is 10.8 Å². The first kappa shape index (κ1) is 17.2. The molecule has 25 heavy (non-hydrogen) atoms. The Bertz CT molecular complexity index is 997. The number of hydrogen-bond donors (Lipinski definition) is 1. The summed E-state index contributed by atoms with van der Waals surface area (Å²) >= 11 is 6.18. The van der Waals surface area contributed by atoms with Crippen LogP contribution in [0.5, 0.6) is 0 Å². The van der Waals surface area contributed by atoms with Crippen molar-refractivity contribution in [3.63, 3.8) is 0 Å². The van der Waals surface area contributed by atoms with Crippen LogP contribution >= 0.6 is 11.6 Å². The van der Waals surface area contributed by atoms with Crippen LogP contribution in [-0.4, -0.2) is 15.7 Å². The van der Waals surface area contributed by atoms with Gasteiger partial charge < -0.3 is 5.32 Å². The van der Waals surface area contributed by atoms with Crippen molar-refractivity contribution in [3.8, 4) is 0 Å². The van der Waals surface area contributed by atoms with E-state index < -0.39 is 0 Å². The van der Waals surface area contributed by atoms with E-state index in [1.807, 2.05) is 37.3 Å². The monoisotopic (exact) mass is 355 g/mol. The zero-order valence-corrected chi connectivity index (χ0v) is 14.7. The number of nitrogens with one attached hydrogen (secondary N) is 1. The topological polar surface area (TPSA) is 64.0 Å². The molecule has 2 aromatic carbocycles. The summed E-state index contributed by atoms with van der Waals surface area (Å²) in [5, 5.41) is 9.06. The molecule has 1 atom stereocenters. The fraction of sp³-hybridized carbons (Fsp3) is 0.211. The first-order chi connectivity index (χ1) is 12.0. The summed E-state index contributed by atoms with van der Waals surface area (Å²) in [6, 6.07) is 14.4. The lowest BCUT2D eigenvalue weighted by Crippen LogP contribution is -2.30. The summed E-state index contributed by atoms with van der Waals surface area (Å²) < 4.78 is 1.27. The van der Waals surface area contributed by atoms with Gasteiger partial charge in [0.25, 0.3) is 5.56 Å². The zero-order valence-electron chi connectivity index (χ0n) is 14.0. The number of aromatic nitrogens is 2. The average molecular weight is 356 g/mol. The molecule has 1 heterocycles. The second kappa shape index (κ2) is 7.07. The molecule has 0 aliphatic carbocycles. The molecule has 128 valence electrons. The summed E-state index contributed by atoms with van der Waals surface area (Å²) in [5.41, 5.74) is 1.25. The maximum atomic E-state index is 12.5. The van der Waals surface area contributed by atoms with Crippen LogP contribution in [0.15, 0.2) is 53.3 Å². The number of nitrogens with zero attached hydrogens (tertiary/aromatic N) is 2. The molecule has 0 aliphatic heterocycles. The Morgan fingerprint density at radius 1 is 1.16 bits per heavy atom. The van der Waals surface area contributed by atoms with Gasteiger partial charge in [-0.1, -0.05) is 48.0 Å². The Kier molecular flexibility index (Phi) is 4.86. The maximum absolute atomic E-state index is 12.5. The standard InChI is InChI=1S/C19H18ClN3O2/c1-12(13-7-5-6-10-16(13)20)21-18(24)11-17-14-8-3-4-9-15(14)19(25)23(2)22-17/h3-10,12H,11H2,1-2H3,(H,21,24)/t12-/m1/s1. The minimum Gasteiger partial charge on any atom is -0.349 e. The third kappa shape index (κ3) is 3.56. The number of benzene rings is 2. The van der Waals surface area contributed by atoms with Gasteiger partial charge in [0.05, 0.1) is 23.5 Å². The van der Waals surface area contributed by atoms with Gasteiger partial charge in [-0.3, -0.25) is 9.59 Å². The second-order valence-electron chi connectivity index (χ2n) is 5.91. The molecule has 6 heteroatoms. The van der Waals surface area contributed by atoms with E-state index in [0.29, 0.717) is 21.5 Å².